The molecule has 0 aromatic carbocycles. The average molecular weight is 245 g/mol. The minimum Gasteiger partial charge on any atom is -0.305 e. The smallest absolute Gasteiger partial charge is 0.228 e. The van der Waals surface area contributed by atoms with Gasteiger partial charge in [-0.15, -0.1) is 0 Å². The van der Waals surface area contributed by atoms with Crippen molar-refractivity contribution in [2.24, 2.45) is 0 Å². The standard InChI is InChI=1S/C10H19N3O2S/c1-3-10(7-11)16(14,15)12-9-5-4-6-13(2)8-9/h9-10,12H,3-6,8H2,1-2H3. The summed E-state index contributed by atoms with van der Waals surface area (Å²) >= 11 is 0. The molecule has 0 amide bonds. The minimum absolute atomic E-state index is 0.0499. The molecule has 2 unspecified atom stereocenters. The first-order chi connectivity index (χ1) is 7.49. The molecule has 1 rings (SSSR count). The normalized spacial score (nSPS) is 24.9. The predicted octanol–water partition coefficient (Wildman–Crippen LogP) is 0.302. The lowest BCUT2D eigenvalue weighted by molar-refractivity contribution is 0.242. The highest BCUT2D eigenvalue weighted by Gasteiger charge is 2.28. The van der Waals surface area contributed by atoms with Crippen LogP contribution in [-0.2, 0) is 10.0 Å². The number of hydrogen-bond donors (Lipinski definition) is 1. The summed E-state index contributed by atoms with van der Waals surface area (Å²) in [6.45, 7) is 3.44. The van der Waals surface area contributed by atoms with Gasteiger partial charge in [-0.1, -0.05) is 6.92 Å². The van der Waals surface area contributed by atoms with Gasteiger partial charge in [-0.3, -0.25) is 0 Å². The summed E-state index contributed by atoms with van der Waals surface area (Å²) in [5, 5.41) is 7.83. The van der Waals surface area contributed by atoms with Crippen molar-refractivity contribution in [2.75, 3.05) is 20.1 Å². The number of nitrogens with zero attached hydrogens (tertiary/aromatic N) is 2. The van der Waals surface area contributed by atoms with Crippen molar-refractivity contribution in [2.45, 2.75) is 37.5 Å². The van der Waals surface area contributed by atoms with E-state index >= 15 is 0 Å². The van der Waals surface area contributed by atoms with E-state index < -0.39 is 15.3 Å². The lowest BCUT2D eigenvalue weighted by Crippen LogP contribution is -2.48. The van der Waals surface area contributed by atoms with Gasteiger partial charge in [0, 0.05) is 12.6 Å². The third kappa shape index (κ3) is 3.44. The lowest BCUT2D eigenvalue weighted by atomic mass is 10.1. The summed E-state index contributed by atoms with van der Waals surface area (Å²) in [6.07, 6.45) is 2.17. The lowest BCUT2D eigenvalue weighted by Gasteiger charge is -2.30. The summed E-state index contributed by atoms with van der Waals surface area (Å²) in [5.41, 5.74) is 0. The van der Waals surface area contributed by atoms with Crippen molar-refractivity contribution >= 4 is 10.0 Å². The molecule has 0 aromatic heterocycles. The second-order valence-electron chi connectivity index (χ2n) is 4.29. The van der Waals surface area contributed by atoms with Gasteiger partial charge in [-0.05, 0) is 32.9 Å². The van der Waals surface area contributed by atoms with Crippen molar-refractivity contribution in [3.8, 4) is 6.07 Å². The van der Waals surface area contributed by atoms with E-state index in [1.54, 1.807) is 6.92 Å². The van der Waals surface area contributed by atoms with Crippen LogP contribution in [0.25, 0.3) is 0 Å². The Morgan fingerprint density at radius 2 is 2.31 bits per heavy atom. The van der Waals surface area contributed by atoms with E-state index in [9.17, 15) is 8.42 Å². The third-order valence-electron chi connectivity index (χ3n) is 2.84. The average Bonchev–Trinajstić information content (AvgIpc) is 2.18. The molecule has 0 aromatic rings. The first-order valence-electron chi connectivity index (χ1n) is 5.59. The molecule has 1 aliphatic rings. The van der Waals surface area contributed by atoms with Crippen LogP contribution in [-0.4, -0.2) is 44.7 Å². The van der Waals surface area contributed by atoms with Crippen LogP contribution in [0.1, 0.15) is 26.2 Å². The number of rotatable bonds is 4. The second-order valence-corrected chi connectivity index (χ2v) is 6.19. The van der Waals surface area contributed by atoms with Crippen LogP contribution >= 0.6 is 0 Å². The molecule has 0 spiro atoms. The van der Waals surface area contributed by atoms with Gasteiger partial charge >= 0.3 is 0 Å². The maximum atomic E-state index is 11.8. The van der Waals surface area contributed by atoms with Crippen LogP contribution in [0.3, 0.4) is 0 Å². The zero-order valence-corrected chi connectivity index (χ0v) is 10.6. The first-order valence-corrected chi connectivity index (χ1v) is 7.13. The molecule has 6 heteroatoms. The topological polar surface area (TPSA) is 73.2 Å². The second kappa shape index (κ2) is 5.62. The molecule has 2 atom stereocenters. The Bertz CT molecular complexity index is 361. The Morgan fingerprint density at radius 3 is 2.81 bits per heavy atom. The maximum Gasteiger partial charge on any atom is 0.228 e. The molecular weight excluding hydrogens is 226 g/mol. The minimum atomic E-state index is -3.48. The molecule has 5 nitrogen and oxygen atoms in total. The highest BCUT2D eigenvalue weighted by molar-refractivity contribution is 7.90. The molecule has 1 fully saturated rings. The molecule has 0 radical (unpaired) electrons. The van der Waals surface area contributed by atoms with E-state index in [1.165, 1.54) is 0 Å². The number of nitriles is 1. The summed E-state index contributed by atoms with van der Waals surface area (Å²) in [7, 11) is -1.51. The van der Waals surface area contributed by atoms with Gasteiger partial charge in [0.25, 0.3) is 0 Å². The van der Waals surface area contributed by atoms with Gasteiger partial charge < -0.3 is 4.90 Å². The van der Waals surface area contributed by atoms with Gasteiger partial charge in [0.15, 0.2) is 5.25 Å². The van der Waals surface area contributed by atoms with Crippen LogP contribution in [0.5, 0.6) is 0 Å². The van der Waals surface area contributed by atoms with Crippen molar-refractivity contribution in [1.29, 1.82) is 5.26 Å². The van der Waals surface area contributed by atoms with E-state index in [-0.39, 0.29) is 6.04 Å². The van der Waals surface area contributed by atoms with Crippen LogP contribution in [0.2, 0.25) is 0 Å². The fourth-order valence-electron chi connectivity index (χ4n) is 1.96. The van der Waals surface area contributed by atoms with E-state index in [4.69, 9.17) is 5.26 Å². The Labute approximate surface area is 97.5 Å². The summed E-state index contributed by atoms with van der Waals surface area (Å²) in [6, 6.07) is 1.78. The molecule has 0 saturated carbocycles. The van der Waals surface area contributed by atoms with Gasteiger partial charge in [-0.2, -0.15) is 5.26 Å². The van der Waals surface area contributed by atoms with Gasteiger partial charge in [0.05, 0.1) is 6.07 Å². The molecular formula is C10H19N3O2S. The van der Waals surface area contributed by atoms with Gasteiger partial charge in [-0.25, -0.2) is 13.1 Å². The van der Waals surface area contributed by atoms with E-state index in [0.29, 0.717) is 6.42 Å². The Morgan fingerprint density at radius 1 is 1.62 bits per heavy atom. The molecule has 0 aliphatic carbocycles. The van der Waals surface area contributed by atoms with Crippen molar-refractivity contribution < 1.29 is 8.42 Å². The van der Waals surface area contributed by atoms with Crippen molar-refractivity contribution in [3.63, 3.8) is 0 Å². The number of hydrogen-bond acceptors (Lipinski definition) is 4. The quantitative estimate of drug-likeness (QED) is 0.773. The number of nitrogens with one attached hydrogen (secondary N) is 1. The molecule has 1 N–H and O–H groups in total. The largest absolute Gasteiger partial charge is 0.305 e. The zero-order valence-electron chi connectivity index (χ0n) is 9.81. The Hall–Kier alpha value is -0.640. The first kappa shape index (κ1) is 13.4. The zero-order chi connectivity index (χ0) is 12.2. The molecule has 1 aliphatic heterocycles. The fraction of sp³-hybridized carbons (Fsp3) is 0.900. The van der Waals surface area contributed by atoms with Crippen LogP contribution in [0.15, 0.2) is 0 Å². The monoisotopic (exact) mass is 245 g/mol. The van der Waals surface area contributed by atoms with Crippen LogP contribution < -0.4 is 4.72 Å². The van der Waals surface area contributed by atoms with E-state index in [2.05, 4.69) is 9.62 Å². The SMILES string of the molecule is CCC(C#N)S(=O)(=O)NC1CCCN(C)C1. The number of likely N-dealkylation sites (N-methyl/N-ethyl adjacent to an activating group) is 1. The molecule has 0 bridgehead atoms. The number of sulfonamides is 1. The van der Waals surface area contributed by atoms with Crippen molar-refractivity contribution in [3.05, 3.63) is 0 Å². The molecule has 1 heterocycles. The highest BCUT2D eigenvalue weighted by Crippen LogP contribution is 2.11. The van der Waals surface area contributed by atoms with Gasteiger partial charge in [0.1, 0.15) is 0 Å². The predicted molar refractivity (Wildman–Crippen MR) is 62.3 cm³/mol. The summed E-state index contributed by atoms with van der Waals surface area (Å²) in [4.78, 5) is 2.10. The van der Waals surface area contributed by atoms with E-state index in [0.717, 1.165) is 25.9 Å². The van der Waals surface area contributed by atoms with Crippen LogP contribution in [0.4, 0.5) is 0 Å². The number of likely N-dealkylation sites (tertiary alicyclic amines) is 1. The fourth-order valence-corrected chi connectivity index (χ4v) is 3.36. The number of piperidine rings is 1. The Balaban J connectivity index is 2.62. The van der Waals surface area contributed by atoms with Crippen LogP contribution in [0, 0.1) is 11.3 Å². The van der Waals surface area contributed by atoms with Crippen molar-refractivity contribution in [1.82, 2.24) is 9.62 Å². The molecule has 16 heavy (non-hydrogen) atoms. The van der Waals surface area contributed by atoms with Gasteiger partial charge in [0.2, 0.25) is 10.0 Å². The highest BCUT2D eigenvalue weighted by atomic mass is 32.2. The summed E-state index contributed by atoms with van der Waals surface area (Å²) in [5.74, 6) is 0. The third-order valence-corrected chi connectivity index (χ3v) is 4.69. The van der Waals surface area contributed by atoms with E-state index in [1.807, 2.05) is 13.1 Å². The Kier molecular flexibility index (Phi) is 4.71. The summed E-state index contributed by atoms with van der Waals surface area (Å²) < 4.78 is 26.3. The molecule has 1 saturated heterocycles. The maximum absolute atomic E-state index is 11.8. The molecule has 92 valence electrons.